The molecule has 0 atom stereocenters. The first-order valence-electron chi connectivity index (χ1n) is 11.1. The van der Waals surface area contributed by atoms with E-state index in [1.165, 1.54) is 42.2 Å². The van der Waals surface area contributed by atoms with Gasteiger partial charge in [-0.1, -0.05) is 13.8 Å². The smallest absolute Gasteiger partial charge is 0.416 e. The van der Waals surface area contributed by atoms with Crippen molar-refractivity contribution in [1.29, 1.82) is 0 Å². The van der Waals surface area contributed by atoms with Gasteiger partial charge in [0.1, 0.15) is 11.5 Å². The number of hydrogen-bond acceptors (Lipinski definition) is 4. The largest absolute Gasteiger partial charge is 0.457 e. The summed E-state index contributed by atoms with van der Waals surface area (Å²) in [6.07, 6.45) is -3.20. The highest BCUT2D eigenvalue weighted by molar-refractivity contribution is 5.94. The highest BCUT2D eigenvalue weighted by atomic mass is 19.4. The molecule has 0 aliphatic carbocycles. The highest BCUT2D eigenvalue weighted by Crippen LogP contribution is 2.36. The summed E-state index contributed by atoms with van der Waals surface area (Å²) in [7, 11) is 0. The van der Waals surface area contributed by atoms with E-state index in [4.69, 9.17) is 4.74 Å². The molecule has 34 heavy (non-hydrogen) atoms. The summed E-state index contributed by atoms with van der Waals surface area (Å²) in [4.78, 5) is 25.6. The van der Waals surface area contributed by atoms with E-state index in [0.717, 1.165) is 12.1 Å². The minimum Gasteiger partial charge on any atom is -0.457 e. The van der Waals surface area contributed by atoms with Gasteiger partial charge in [0.15, 0.2) is 5.78 Å². The van der Waals surface area contributed by atoms with Crippen molar-refractivity contribution in [2.24, 2.45) is 5.92 Å². The number of anilines is 1. The van der Waals surface area contributed by atoms with Gasteiger partial charge in [0.25, 0.3) is 0 Å². The number of hydrogen-bond donors (Lipinski definition) is 2. The molecule has 1 aliphatic heterocycles. The van der Waals surface area contributed by atoms with Crippen LogP contribution in [0.5, 0.6) is 11.5 Å². The summed E-state index contributed by atoms with van der Waals surface area (Å²) >= 11 is 0. The molecular formula is C25H29F3N2O4. The van der Waals surface area contributed by atoms with Crippen molar-refractivity contribution >= 4 is 17.5 Å². The molecule has 1 saturated heterocycles. The van der Waals surface area contributed by atoms with Crippen LogP contribution < -0.4 is 10.1 Å². The van der Waals surface area contributed by atoms with Crippen LogP contribution in [-0.4, -0.2) is 40.5 Å². The Morgan fingerprint density at radius 3 is 2.24 bits per heavy atom. The van der Waals surface area contributed by atoms with Crippen LogP contribution in [0.3, 0.4) is 0 Å². The molecule has 1 heterocycles. The maximum atomic E-state index is 13.5. The first-order chi connectivity index (χ1) is 15.8. The van der Waals surface area contributed by atoms with Crippen LogP contribution in [0.15, 0.2) is 42.5 Å². The number of ether oxygens (including phenoxy) is 1. The monoisotopic (exact) mass is 478 g/mol. The predicted molar refractivity (Wildman–Crippen MR) is 122 cm³/mol. The van der Waals surface area contributed by atoms with Crippen LogP contribution in [0.2, 0.25) is 0 Å². The van der Waals surface area contributed by atoms with Gasteiger partial charge in [0, 0.05) is 30.4 Å². The molecule has 3 rings (SSSR count). The van der Waals surface area contributed by atoms with Crippen molar-refractivity contribution in [3.05, 3.63) is 53.6 Å². The normalized spacial score (nSPS) is 15.8. The number of urea groups is 1. The van der Waals surface area contributed by atoms with Crippen molar-refractivity contribution in [2.45, 2.75) is 51.8 Å². The summed E-state index contributed by atoms with van der Waals surface area (Å²) in [5.41, 5.74) is -1.41. The number of benzene rings is 2. The maximum Gasteiger partial charge on any atom is 0.416 e. The minimum atomic E-state index is -4.64. The van der Waals surface area contributed by atoms with Crippen molar-refractivity contribution in [2.75, 3.05) is 18.4 Å². The number of Topliss-reactive ketones (excluding diaryl/α,β-unsaturated/α-hetero) is 1. The van der Waals surface area contributed by atoms with E-state index >= 15 is 0 Å². The molecule has 1 fully saturated rings. The fraction of sp³-hybridized carbons (Fsp3) is 0.440. The standard InChI is InChI=1S/C25H29F3N2O4/c1-16(2)15-24(33)8-10-30(11-9-24)23(32)29-20-12-19(25(26,27)28)13-22(14-20)34-21-6-4-18(5-7-21)17(3)31/h4-7,12-14,16,33H,8-11,15H2,1-3H3,(H,29,32). The van der Waals surface area contributed by atoms with Crippen LogP contribution in [0.25, 0.3) is 0 Å². The molecule has 184 valence electrons. The van der Waals surface area contributed by atoms with E-state index in [1.54, 1.807) is 0 Å². The zero-order chi connectivity index (χ0) is 25.1. The Bertz CT molecular complexity index is 1030. The summed E-state index contributed by atoms with van der Waals surface area (Å²) in [5, 5.41) is 13.2. The average molecular weight is 479 g/mol. The van der Waals surface area contributed by atoms with Crippen molar-refractivity contribution in [1.82, 2.24) is 4.90 Å². The van der Waals surface area contributed by atoms with Crippen LogP contribution in [0.1, 0.15) is 56.0 Å². The lowest BCUT2D eigenvalue weighted by Crippen LogP contribution is -2.48. The molecule has 0 aromatic heterocycles. The average Bonchev–Trinajstić information content (AvgIpc) is 2.73. The Labute approximate surface area is 196 Å². The number of alkyl halides is 3. The van der Waals surface area contributed by atoms with E-state index in [2.05, 4.69) is 5.32 Å². The maximum absolute atomic E-state index is 13.5. The van der Waals surface area contributed by atoms with Gasteiger partial charge in [0.05, 0.1) is 11.2 Å². The van der Waals surface area contributed by atoms with Crippen LogP contribution in [0.4, 0.5) is 23.7 Å². The van der Waals surface area contributed by atoms with Gasteiger partial charge in [-0.3, -0.25) is 4.79 Å². The number of likely N-dealkylation sites (tertiary alicyclic amines) is 1. The van der Waals surface area contributed by atoms with Crippen LogP contribution in [-0.2, 0) is 6.18 Å². The summed E-state index contributed by atoms with van der Waals surface area (Å²) in [5.74, 6) is 0.316. The Morgan fingerprint density at radius 2 is 1.71 bits per heavy atom. The van der Waals surface area contributed by atoms with E-state index in [-0.39, 0.29) is 23.0 Å². The highest BCUT2D eigenvalue weighted by Gasteiger charge is 2.35. The van der Waals surface area contributed by atoms with Gasteiger partial charge < -0.3 is 20.1 Å². The molecular weight excluding hydrogens is 449 g/mol. The summed E-state index contributed by atoms with van der Waals surface area (Å²) < 4.78 is 46.0. The molecule has 2 aromatic rings. The number of ketones is 1. The molecule has 1 aliphatic rings. The van der Waals surface area contributed by atoms with Gasteiger partial charge in [-0.15, -0.1) is 0 Å². The third-order valence-corrected chi connectivity index (χ3v) is 5.75. The van der Waals surface area contributed by atoms with E-state index in [0.29, 0.717) is 43.8 Å². The number of amides is 2. The number of aliphatic hydroxyl groups is 1. The first kappa shape index (κ1) is 25.6. The van der Waals surface area contributed by atoms with Gasteiger partial charge in [-0.2, -0.15) is 13.2 Å². The Morgan fingerprint density at radius 1 is 1.09 bits per heavy atom. The Hall–Kier alpha value is -3.07. The molecule has 2 aromatic carbocycles. The number of carbonyl (C=O) groups is 2. The van der Waals surface area contributed by atoms with E-state index in [9.17, 15) is 27.9 Å². The zero-order valence-corrected chi connectivity index (χ0v) is 19.4. The zero-order valence-electron chi connectivity index (χ0n) is 19.4. The molecule has 0 unspecified atom stereocenters. The van der Waals surface area contributed by atoms with Crippen LogP contribution >= 0.6 is 0 Å². The van der Waals surface area contributed by atoms with Gasteiger partial charge >= 0.3 is 12.2 Å². The minimum absolute atomic E-state index is 0.0572. The number of piperidine rings is 1. The van der Waals surface area contributed by atoms with Crippen molar-refractivity contribution in [3.63, 3.8) is 0 Å². The lowest BCUT2D eigenvalue weighted by Gasteiger charge is -2.39. The molecule has 6 nitrogen and oxygen atoms in total. The molecule has 0 saturated carbocycles. The lowest BCUT2D eigenvalue weighted by molar-refractivity contribution is -0.137. The fourth-order valence-corrected chi connectivity index (χ4v) is 4.08. The van der Waals surface area contributed by atoms with Gasteiger partial charge in [-0.05, 0) is 68.5 Å². The van der Waals surface area contributed by atoms with Crippen molar-refractivity contribution in [3.8, 4) is 11.5 Å². The molecule has 9 heteroatoms. The molecule has 0 bridgehead atoms. The third kappa shape index (κ3) is 6.72. The SMILES string of the molecule is CC(=O)c1ccc(Oc2cc(NC(=O)N3CCC(O)(CC(C)C)CC3)cc(C(F)(F)F)c2)cc1. The topological polar surface area (TPSA) is 78.9 Å². The number of carbonyl (C=O) groups excluding carboxylic acids is 2. The third-order valence-electron chi connectivity index (χ3n) is 5.75. The number of rotatable bonds is 6. The van der Waals surface area contributed by atoms with Crippen LogP contribution in [0, 0.1) is 5.92 Å². The van der Waals surface area contributed by atoms with Gasteiger partial charge in [-0.25, -0.2) is 4.79 Å². The summed E-state index contributed by atoms with van der Waals surface area (Å²) in [6.45, 7) is 6.05. The van der Waals surface area contributed by atoms with Crippen molar-refractivity contribution < 1.29 is 32.6 Å². The molecule has 2 N–H and O–H groups in total. The lowest BCUT2D eigenvalue weighted by atomic mass is 9.84. The Balaban J connectivity index is 1.74. The van der Waals surface area contributed by atoms with E-state index < -0.39 is 23.4 Å². The second-order valence-corrected chi connectivity index (χ2v) is 9.17. The molecule has 2 amide bonds. The quantitative estimate of drug-likeness (QED) is 0.492. The number of nitrogens with one attached hydrogen (secondary N) is 1. The van der Waals surface area contributed by atoms with Gasteiger partial charge in [0.2, 0.25) is 0 Å². The van der Waals surface area contributed by atoms with E-state index in [1.807, 2.05) is 13.8 Å². The first-order valence-corrected chi connectivity index (χ1v) is 11.1. The fourth-order valence-electron chi connectivity index (χ4n) is 4.08. The second-order valence-electron chi connectivity index (χ2n) is 9.17. The predicted octanol–water partition coefficient (Wildman–Crippen LogP) is 6.11. The number of halogens is 3. The molecule has 0 spiro atoms. The number of nitrogens with zero attached hydrogens (tertiary/aromatic N) is 1. The Kier molecular flexibility index (Phi) is 7.55. The summed E-state index contributed by atoms with van der Waals surface area (Å²) in [6, 6.07) is 8.48. The second kappa shape index (κ2) is 10.0. The molecule has 0 radical (unpaired) electrons.